The van der Waals surface area contributed by atoms with E-state index in [2.05, 4.69) is 20.6 Å². The largest absolute Gasteiger partial charge is 0.404 e. The van der Waals surface area contributed by atoms with Gasteiger partial charge in [0.25, 0.3) is 0 Å². The molecule has 2 aliphatic rings. The molecule has 4 N–H and O–H groups in total. The standard InChI is InChI=1S/C23H31FN6O/c1-15(31)30-9-8-22(28-12-16-4-5-16)20(14-30)23(27-3)29-18-6-7-21(24)19(10-18)17(11-25)13-26-2/h6-7,10-11,13,16,28H,4-5,8-9,12,14,25H2,1-3H3,(H,27,29). The zero-order chi connectivity index (χ0) is 22.4. The van der Waals surface area contributed by atoms with Gasteiger partial charge in [-0.2, -0.15) is 0 Å². The second kappa shape index (κ2) is 10.2. The normalized spacial score (nSPS) is 18.0. The number of halogens is 1. The number of amidine groups is 1. The monoisotopic (exact) mass is 426 g/mol. The van der Waals surface area contributed by atoms with Gasteiger partial charge in [-0.05, 0) is 37.0 Å². The van der Waals surface area contributed by atoms with Gasteiger partial charge in [0.2, 0.25) is 5.91 Å². The number of anilines is 1. The molecule has 1 heterocycles. The Morgan fingerprint density at radius 1 is 1.35 bits per heavy atom. The molecule has 31 heavy (non-hydrogen) atoms. The minimum Gasteiger partial charge on any atom is -0.404 e. The van der Waals surface area contributed by atoms with Gasteiger partial charge in [0.15, 0.2) is 0 Å². The average Bonchev–Trinajstić information content (AvgIpc) is 3.60. The number of benzene rings is 1. The molecule has 8 heteroatoms. The van der Waals surface area contributed by atoms with Gasteiger partial charge < -0.3 is 21.3 Å². The van der Waals surface area contributed by atoms with E-state index in [0.29, 0.717) is 35.7 Å². The lowest BCUT2D eigenvalue weighted by atomic mass is 10.0. The minimum atomic E-state index is -0.386. The van der Waals surface area contributed by atoms with Crippen LogP contribution in [0, 0.1) is 11.7 Å². The van der Waals surface area contributed by atoms with E-state index in [0.717, 1.165) is 30.2 Å². The van der Waals surface area contributed by atoms with E-state index < -0.39 is 0 Å². The number of hydrogen-bond donors (Lipinski definition) is 3. The van der Waals surface area contributed by atoms with Crippen molar-refractivity contribution in [2.45, 2.75) is 26.2 Å². The fourth-order valence-electron chi connectivity index (χ4n) is 3.60. The van der Waals surface area contributed by atoms with Crippen LogP contribution >= 0.6 is 0 Å². The molecule has 3 rings (SSSR count). The van der Waals surface area contributed by atoms with Crippen LogP contribution < -0.4 is 16.4 Å². The van der Waals surface area contributed by atoms with Crippen LogP contribution in [0.3, 0.4) is 0 Å². The highest BCUT2D eigenvalue weighted by Gasteiger charge is 2.26. The first-order chi connectivity index (χ1) is 15.0. The fraction of sp³-hybridized carbons (Fsp3) is 0.435. The highest BCUT2D eigenvalue weighted by molar-refractivity contribution is 6.11. The number of carbonyl (C=O) groups excluding carboxylic acids is 1. The van der Waals surface area contributed by atoms with Gasteiger partial charge in [-0.25, -0.2) is 4.39 Å². The predicted octanol–water partition coefficient (Wildman–Crippen LogP) is 2.77. The maximum Gasteiger partial charge on any atom is 0.219 e. The molecule has 0 aromatic heterocycles. The number of rotatable bonds is 7. The predicted molar refractivity (Wildman–Crippen MR) is 125 cm³/mol. The number of aliphatic imine (C=N–C) groups is 2. The van der Waals surface area contributed by atoms with Crippen LogP contribution in [-0.2, 0) is 4.79 Å². The molecule has 166 valence electrons. The van der Waals surface area contributed by atoms with Crippen LogP contribution in [0.25, 0.3) is 5.57 Å². The van der Waals surface area contributed by atoms with Crippen LogP contribution in [0.4, 0.5) is 10.1 Å². The maximum atomic E-state index is 14.4. The van der Waals surface area contributed by atoms with E-state index in [4.69, 9.17) is 5.73 Å². The Hall–Kier alpha value is -3.16. The lowest BCUT2D eigenvalue weighted by Gasteiger charge is -2.31. The van der Waals surface area contributed by atoms with Gasteiger partial charge in [-0.1, -0.05) is 0 Å². The molecule has 1 aliphatic heterocycles. The third-order valence-corrected chi connectivity index (χ3v) is 5.59. The molecule has 0 atom stereocenters. The third kappa shape index (κ3) is 5.71. The van der Waals surface area contributed by atoms with E-state index >= 15 is 0 Å². The zero-order valence-corrected chi connectivity index (χ0v) is 18.4. The topological polar surface area (TPSA) is 95.1 Å². The Morgan fingerprint density at radius 3 is 2.74 bits per heavy atom. The van der Waals surface area contributed by atoms with E-state index in [-0.39, 0.29) is 11.7 Å². The number of nitrogens with one attached hydrogen (secondary N) is 2. The number of amides is 1. The van der Waals surface area contributed by atoms with Crippen molar-refractivity contribution < 1.29 is 9.18 Å². The first kappa shape index (κ1) is 22.5. The SMILES string of the molecule is CN=CC(=CN)c1cc(NC(=NC)C2=C(NCC3CC3)CCN(C(C)=O)C2)ccc1F. The van der Waals surface area contributed by atoms with Gasteiger partial charge >= 0.3 is 0 Å². The fourth-order valence-corrected chi connectivity index (χ4v) is 3.60. The summed E-state index contributed by atoms with van der Waals surface area (Å²) in [5.41, 5.74) is 9.25. The summed E-state index contributed by atoms with van der Waals surface area (Å²) >= 11 is 0. The molecule has 7 nitrogen and oxygen atoms in total. The quantitative estimate of drug-likeness (QED) is 0.462. The average molecular weight is 427 g/mol. The zero-order valence-electron chi connectivity index (χ0n) is 18.4. The van der Waals surface area contributed by atoms with Crippen molar-refractivity contribution in [2.75, 3.05) is 39.0 Å². The molecule has 1 aliphatic carbocycles. The van der Waals surface area contributed by atoms with Crippen molar-refractivity contribution in [2.24, 2.45) is 21.6 Å². The molecule has 1 aromatic rings. The first-order valence-electron chi connectivity index (χ1n) is 10.6. The van der Waals surface area contributed by atoms with Crippen LogP contribution in [-0.4, -0.2) is 56.6 Å². The molecule has 1 amide bonds. The summed E-state index contributed by atoms with van der Waals surface area (Å²) < 4.78 is 14.4. The number of hydrogen-bond acceptors (Lipinski definition) is 5. The van der Waals surface area contributed by atoms with Crippen LogP contribution in [0.15, 0.2) is 45.7 Å². The smallest absolute Gasteiger partial charge is 0.219 e. The summed E-state index contributed by atoms with van der Waals surface area (Å²) in [5, 5.41) is 6.89. The van der Waals surface area contributed by atoms with E-state index in [1.165, 1.54) is 31.3 Å². The molecule has 0 unspecified atom stereocenters. The second-order valence-electron chi connectivity index (χ2n) is 7.87. The highest BCUT2D eigenvalue weighted by Crippen LogP contribution is 2.29. The molecule has 0 radical (unpaired) electrons. The van der Waals surface area contributed by atoms with Gasteiger partial charge in [0.1, 0.15) is 11.7 Å². The summed E-state index contributed by atoms with van der Waals surface area (Å²) in [7, 11) is 3.32. The molecule has 0 spiro atoms. The maximum absolute atomic E-state index is 14.4. The van der Waals surface area contributed by atoms with Crippen molar-refractivity contribution in [1.29, 1.82) is 0 Å². The summed E-state index contributed by atoms with van der Waals surface area (Å²) in [4.78, 5) is 22.2. The van der Waals surface area contributed by atoms with Crippen molar-refractivity contribution in [3.05, 3.63) is 47.0 Å². The number of nitrogens with zero attached hydrogens (tertiary/aromatic N) is 3. The van der Waals surface area contributed by atoms with Gasteiger partial charge in [-0.3, -0.25) is 14.8 Å². The Labute approximate surface area is 183 Å². The number of nitrogens with two attached hydrogens (primary N) is 1. The summed E-state index contributed by atoms with van der Waals surface area (Å²) in [6.07, 6.45) is 6.13. The van der Waals surface area contributed by atoms with Crippen LogP contribution in [0.1, 0.15) is 31.7 Å². The number of allylic oxidation sites excluding steroid dienone is 1. The minimum absolute atomic E-state index is 0.0369. The summed E-state index contributed by atoms with van der Waals surface area (Å²) in [6, 6.07) is 4.73. The molecular weight excluding hydrogens is 395 g/mol. The lowest BCUT2D eigenvalue weighted by molar-refractivity contribution is -0.128. The van der Waals surface area contributed by atoms with Crippen LogP contribution in [0.2, 0.25) is 0 Å². The lowest BCUT2D eigenvalue weighted by Crippen LogP contribution is -2.41. The van der Waals surface area contributed by atoms with Crippen molar-refractivity contribution >= 4 is 29.2 Å². The van der Waals surface area contributed by atoms with Gasteiger partial charge in [-0.15, -0.1) is 0 Å². The van der Waals surface area contributed by atoms with E-state index in [9.17, 15) is 9.18 Å². The highest BCUT2D eigenvalue weighted by atomic mass is 19.1. The molecule has 0 saturated heterocycles. The Kier molecular flexibility index (Phi) is 7.44. The second-order valence-corrected chi connectivity index (χ2v) is 7.87. The summed E-state index contributed by atoms with van der Waals surface area (Å²) in [5.74, 6) is 1.04. The van der Waals surface area contributed by atoms with Crippen molar-refractivity contribution in [3.63, 3.8) is 0 Å². The Bertz CT molecular complexity index is 945. The molecular formula is C23H31FN6O. The van der Waals surface area contributed by atoms with Gasteiger partial charge in [0, 0.05) is 81.0 Å². The van der Waals surface area contributed by atoms with Crippen molar-refractivity contribution in [3.8, 4) is 0 Å². The summed E-state index contributed by atoms with van der Waals surface area (Å²) in [6.45, 7) is 3.69. The van der Waals surface area contributed by atoms with Crippen LogP contribution in [0.5, 0.6) is 0 Å². The molecule has 1 fully saturated rings. The molecule has 1 aromatic carbocycles. The Balaban J connectivity index is 1.89. The Morgan fingerprint density at radius 2 is 2.13 bits per heavy atom. The van der Waals surface area contributed by atoms with Crippen molar-refractivity contribution in [1.82, 2.24) is 10.2 Å². The third-order valence-electron chi connectivity index (χ3n) is 5.59. The van der Waals surface area contributed by atoms with Gasteiger partial charge in [0.05, 0.1) is 6.54 Å². The number of carbonyl (C=O) groups is 1. The first-order valence-corrected chi connectivity index (χ1v) is 10.6. The van der Waals surface area contributed by atoms with E-state index in [1.807, 2.05) is 4.90 Å². The van der Waals surface area contributed by atoms with E-state index in [1.54, 1.807) is 33.2 Å². The molecule has 1 saturated carbocycles. The molecule has 0 bridgehead atoms.